The number of fused-ring (bicyclic) bond motifs is 1. The Morgan fingerprint density at radius 3 is 2.96 bits per heavy atom. The second kappa shape index (κ2) is 6.97. The smallest absolute Gasteiger partial charge is 0.237 e. The number of likely N-dealkylation sites (tertiary alicyclic amines) is 1. The van der Waals surface area contributed by atoms with Crippen LogP contribution in [0.3, 0.4) is 0 Å². The van der Waals surface area contributed by atoms with E-state index >= 15 is 0 Å². The Morgan fingerprint density at radius 2 is 2.22 bits per heavy atom. The Morgan fingerprint density at radius 1 is 1.43 bits per heavy atom. The highest BCUT2D eigenvalue weighted by Crippen LogP contribution is 2.29. The number of thiazole rings is 1. The second-order valence-corrected chi connectivity index (χ2v) is 7.58. The lowest BCUT2D eigenvalue weighted by atomic mass is 10.0. The van der Waals surface area contributed by atoms with E-state index < -0.39 is 0 Å². The Balaban J connectivity index is 1.68. The van der Waals surface area contributed by atoms with Crippen molar-refractivity contribution in [3.05, 3.63) is 29.3 Å². The van der Waals surface area contributed by atoms with Crippen LogP contribution in [0.15, 0.2) is 24.3 Å². The molecule has 1 aromatic heterocycles. The number of hydrogen-bond donors (Lipinski definition) is 0. The number of aromatic nitrogens is 1. The molecule has 2 heterocycles. The average molecular weight is 331 g/mol. The topological polar surface area (TPSA) is 36.4 Å². The number of benzene rings is 1. The molecule has 1 fully saturated rings. The Bertz CT molecular complexity index is 651. The first kappa shape index (κ1) is 16.4. The van der Waals surface area contributed by atoms with Crippen molar-refractivity contribution in [3.8, 4) is 0 Å². The van der Waals surface area contributed by atoms with Gasteiger partial charge in [-0.15, -0.1) is 11.3 Å². The van der Waals surface area contributed by atoms with Gasteiger partial charge in [0, 0.05) is 13.1 Å². The molecule has 0 N–H and O–H groups in total. The maximum atomic E-state index is 12.6. The van der Waals surface area contributed by atoms with E-state index in [0.717, 1.165) is 17.1 Å². The summed E-state index contributed by atoms with van der Waals surface area (Å²) in [6, 6.07) is 8.67. The highest BCUT2D eigenvalue weighted by Gasteiger charge is 2.25. The van der Waals surface area contributed by atoms with Gasteiger partial charge in [-0.3, -0.25) is 9.69 Å². The first-order chi connectivity index (χ1) is 11.1. The zero-order valence-electron chi connectivity index (χ0n) is 14.2. The van der Waals surface area contributed by atoms with Crippen molar-refractivity contribution in [3.63, 3.8) is 0 Å². The summed E-state index contributed by atoms with van der Waals surface area (Å²) in [5.74, 6) is 0.186. The summed E-state index contributed by atoms with van der Waals surface area (Å²) in [6.45, 7) is 5.85. The van der Waals surface area contributed by atoms with Gasteiger partial charge in [-0.05, 0) is 45.4 Å². The van der Waals surface area contributed by atoms with Crippen molar-refractivity contribution in [2.45, 2.75) is 45.2 Å². The van der Waals surface area contributed by atoms with Crippen molar-refractivity contribution in [2.24, 2.45) is 0 Å². The normalized spacial score (nSPS) is 20.6. The third kappa shape index (κ3) is 3.56. The molecule has 0 saturated carbocycles. The number of piperidine rings is 1. The summed E-state index contributed by atoms with van der Waals surface area (Å²) in [4.78, 5) is 21.5. The number of carbonyl (C=O) groups is 1. The summed E-state index contributed by atoms with van der Waals surface area (Å²) in [6.07, 6.45) is 3.68. The quantitative estimate of drug-likeness (QED) is 0.857. The van der Waals surface area contributed by atoms with Gasteiger partial charge in [0.25, 0.3) is 0 Å². The van der Waals surface area contributed by atoms with Crippen LogP contribution >= 0.6 is 11.3 Å². The molecular weight excluding hydrogens is 306 g/mol. The molecule has 0 bridgehead atoms. The lowest BCUT2D eigenvalue weighted by Gasteiger charge is -2.34. The van der Waals surface area contributed by atoms with Crippen LogP contribution in [0.25, 0.3) is 10.2 Å². The second-order valence-electron chi connectivity index (χ2n) is 6.52. The van der Waals surface area contributed by atoms with Crippen LogP contribution in [0.4, 0.5) is 0 Å². The third-order valence-corrected chi connectivity index (χ3v) is 6.13. The van der Waals surface area contributed by atoms with Crippen molar-refractivity contribution in [2.75, 3.05) is 20.1 Å². The monoisotopic (exact) mass is 331 g/mol. The van der Waals surface area contributed by atoms with E-state index in [0.29, 0.717) is 12.6 Å². The van der Waals surface area contributed by atoms with Gasteiger partial charge in [0.1, 0.15) is 5.01 Å². The number of rotatable bonds is 4. The molecular formula is C18H25N3OS. The predicted molar refractivity (Wildman–Crippen MR) is 95.7 cm³/mol. The number of amides is 1. The summed E-state index contributed by atoms with van der Waals surface area (Å²) < 4.78 is 1.18. The molecule has 1 aliphatic heterocycles. The number of carbonyl (C=O) groups excluding carboxylic acids is 1. The summed E-state index contributed by atoms with van der Waals surface area (Å²) >= 11 is 1.68. The van der Waals surface area contributed by atoms with E-state index in [9.17, 15) is 4.79 Å². The molecule has 1 aromatic carbocycles. The molecule has 0 spiro atoms. The van der Waals surface area contributed by atoms with Gasteiger partial charge in [-0.1, -0.05) is 18.6 Å². The van der Waals surface area contributed by atoms with Crippen LogP contribution in [-0.2, 0) is 4.79 Å². The van der Waals surface area contributed by atoms with Crippen LogP contribution in [0.2, 0.25) is 0 Å². The minimum absolute atomic E-state index is 0.0139. The molecule has 0 radical (unpaired) electrons. The number of para-hydroxylation sites is 1. The fourth-order valence-corrected chi connectivity index (χ4v) is 4.19. The predicted octanol–water partition coefficient (Wildman–Crippen LogP) is 3.69. The Hall–Kier alpha value is -1.46. The molecule has 1 aliphatic rings. The molecule has 3 rings (SSSR count). The van der Waals surface area contributed by atoms with Crippen molar-refractivity contribution >= 4 is 27.5 Å². The van der Waals surface area contributed by atoms with E-state index in [2.05, 4.69) is 29.8 Å². The fourth-order valence-electron chi connectivity index (χ4n) is 3.13. The third-order valence-electron chi connectivity index (χ3n) is 4.92. The van der Waals surface area contributed by atoms with Crippen molar-refractivity contribution in [1.29, 1.82) is 0 Å². The van der Waals surface area contributed by atoms with Crippen molar-refractivity contribution < 1.29 is 4.79 Å². The largest absolute Gasteiger partial charge is 0.335 e. The van der Waals surface area contributed by atoms with Gasteiger partial charge < -0.3 is 4.90 Å². The molecule has 1 saturated heterocycles. The van der Waals surface area contributed by atoms with Gasteiger partial charge in [0.2, 0.25) is 5.91 Å². The maximum absolute atomic E-state index is 12.6. The van der Waals surface area contributed by atoms with E-state index in [1.807, 2.05) is 30.1 Å². The fraction of sp³-hybridized carbons (Fsp3) is 0.556. The first-order valence-corrected chi connectivity index (χ1v) is 9.23. The minimum atomic E-state index is 0.0139. The average Bonchev–Trinajstić information content (AvgIpc) is 2.99. The summed E-state index contributed by atoms with van der Waals surface area (Å²) in [5.41, 5.74) is 1.02. The van der Waals surface area contributed by atoms with E-state index in [-0.39, 0.29) is 11.9 Å². The summed E-state index contributed by atoms with van der Waals surface area (Å²) in [5, 5.41) is 1.01. The van der Waals surface area contributed by atoms with E-state index in [4.69, 9.17) is 0 Å². The van der Waals surface area contributed by atoms with Crippen molar-refractivity contribution in [1.82, 2.24) is 14.8 Å². The first-order valence-electron chi connectivity index (χ1n) is 8.41. The van der Waals surface area contributed by atoms with Gasteiger partial charge in [0.15, 0.2) is 0 Å². The van der Waals surface area contributed by atoms with Crippen LogP contribution < -0.4 is 0 Å². The SMILES string of the molecule is C[C@@H]1CCCCN1CC(=O)N(C)[C@@H](C)c1nc2ccccc2s1. The van der Waals surface area contributed by atoms with Crippen LogP contribution in [0.1, 0.15) is 44.2 Å². The number of likely N-dealkylation sites (N-methyl/N-ethyl adjacent to an activating group) is 1. The molecule has 124 valence electrons. The lowest BCUT2D eigenvalue weighted by Crippen LogP contribution is -2.45. The Kier molecular flexibility index (Phi) is 4.97. The number of hydrogen-bond acceptors (Lipinski definition) is 4. The Labute approximate surface area is 142 Å². The van der Waals surface area contributed by atoms with Gasteiger partial charge in [-0.2, -0.15) is 0 Å². The molecule has 5 heteroatoms. The zero-order chi connectivity index (χ0) is 16.4. The molecule has 2 atom stereocenters. The van der Waals surface area contributed by atoms with E-state index in [1.54, 1.807) is 11.3 Å². The summed E-state index contributed by atoms with van der Waals surface area (Å²) in [7, 11) is 1.90. The van der Waals surface area contributed by atoms with E-state index in [1.165, 1.54) is 24.0 Å². The highest BCUT2D eigenvalue weighted by atomic mass is 32.1. The number of nitrogens with zero attached hydrogens (tertiary/aromatic N) is 3. The zero-order valence-corrected chi connectivity index (χ0v) is 15.0. The molecule has 4 nitrogen and oxygen atoms in total. The van der Waals surface area contributed by atoms with Gasteiger partial charge >= 0.3 is 0 Å². The molecule has 1 amide bonds. The molecule has 0 unspecified atom stereocenters. The molecule has 0 aliphatic carbocycles. The molecule has 2 aromatic rings. The maximum Gasteiger partial charge on any atom is 0.237 e. The standard InChI is InChI=1S/C18H25N3OS/c1-13-8-6-7-11-21(13)12-17(22)20(3)14(2)18-19-15-9-4-5-10-16(15)23-18/h4-5,9-10,13-14H,6-8,11-12H2,1-3H3/t13-,14+/m1/s1. The lowest BCUT2D eigenvalue weighted by molar-refractivity contribution is -0.133. The van der Waals surface area contributed by atoms with Gasteiger partial charge in [0.05, 0.1) is 22.8 Å². The van der Waals surface area contributed by atoms with Crippen LogP contribution in [0.5, 0.6) is 0 Å². The van der Waals surface area contributed by atoms with Gasteiger partial charge in [-0.25, -0.2) is 4.98 Å². The van der Waals surface area contributed by atoms with Crippen LogP contribution in [-0.4, -0.2) is 46.9 Å². The highest BCUT2D eigenvalue weighted by molar-refractivity contribution is 7.18. The molecule has 23 heavy (non-hydrogen) atoms. The van der Waals surface area contributed by atoms with Crippen LogP contribution in [0, 0.1) is 0 Å². The minimum Gasteiger partial charge on any atom is -0.335 e.